The predicted octanol–water partition coefficient (Wildman–Crippen LogP) is 1.48. The molecule has 0 aliphatic carbocycles. The molecule has 2 heteroatoms. The highest BCUT2D eigenvalue weighted by Crippen LogP contribution is 1.94. The SMILES string of the molecule is CCNc1cccccc1=O. The van der Waals surface area contributed by atoms with Gasteiger partial charge in [0.05, 0.1) is 5.69 Å². The first-order valence-corrected chi connectivity index (χ1v) is 3.68. The molecule has 0 aliphatic heterocycles. The van der Waals surface area contributed by atoms with E-state index in [4.69, 9.17) is 0 Å². The molecular weight excluding hydrogens is 138 g/mol. The summed E-state index contributed by atoms with van der Waals surface area (Å²) in [5.74, 6) is 0. The molecular formula is C9H11NO. The molecule has 1 aromatic rings. The Morgan fingerprint density at radius 2 is 2.00 bits per heavy atom. The van der Waals surface area contributed by atoms with E-state index < -0.39 is 0 Å². The lowest BCUT2D eigenvalue weighted by Gasteiger charge is -1.95. The van der Waals surface area contributed by atoms with Gasteiger partial charge in [-0.25, -0.2) is 0 Å². The van der Waals surface area contributed by atoms with E-state index in [0.29, 0.717) is 5.69 Å². The van der Waals surface area contributed by atoms with E-state index in [-0.39, 0.29) is 5.43 Å². The summed E-state index contributed by atoms with van der Waals surface area (Å²) in [4.78, 5) is 11.1. The highest BCUT2D eigenvalue weighted by Gasteiger charge is 1.90. The largest absolute Gasteiger partial charge is 0.382 e. The van der Waals surface area contributed by atoms with Crippen molar-refractivity contribution in [2.75, 3.05) is 11.9 Å². The minimum atomic E-state index is 0.0388. The van der Waals surface area contributed by atoms with Crippen LogP contribution in [0.1, 0.15) is 6.92 Å². The molecule has 58 valence electrons. The van der Waals surface area contributed by atoms with Crippen molar-refractivity contribution in [1.82, 2.24) is 0 Å². The number of hydrogen-bond donors (Lipinski definition) is 1. The van der Waals surface area contributed by atoms with Crippen LogP contribution >= 0.6 is 0 Å². The van der Waals surface area contributed by atoms with Crippen molar-refractivity contribution in [2.45, 2.75) is 6.92 Å². The average Bonchev–Trinajstić information content (AvgIpc) is 2.18. The first-order valence-electron chi connectivity index (χ1n) is 3.68. The Morgan fingerprint density at radius 1 is 1.27 bits per heavy atom. The lowest BCUT2D eigenvalue weighted by atomic mass is 10.4. The third-order valence-electron chi connectivity index (χ3n) is 1.37. The Morgan fingerprint density at radius 3 is 2.73 bits per heavy atom. The number of rotatable bonds is 2. The van der Waals surface area contributed by atoms with Gasteiger partial charge in [0, 0.05) is 6.54 Å². The van der Waals surface area contributed by atoms with Crippen molar-refractivity contribution < 1.29 is 0 Å². The Kier molecular flexibility index (Phi) is 2.66. The summed E-state index contributed by atoms with van der Waals surface area (Å²) in [7, 11) is 0. The molecule has 0 bridgehead atoms. The maximum atomic E-state index is 11.1. The molecule has 0 atom stereocenters. The lowest BCUT2D eigenvalue weighted by molar-refractivity contribution is 1.21. The smallest absolute Gasteiger partial charge is 0.201 e. The van der Waals surface area contributed by atoms with Crippen LogP contribution < -0.4 is 10.7 Å². The predicted molar refractivity (Wildman–Crippen MR) is 46.9 cm³/mol. The molecule has 0 amide bonds. The van der Waals surface area contributed by atoms with Gasteiger partial charge in [-0.15, -0.1) is 0 Å². The van der Waals surface area contributed by atoms with Crippen LogP contribution in [0.15, 0.2) is 35.1 Å². The molecule has 0 saturated carbocycles. The zero-order valence-electron chi connectivity index (χ0n) is 6.50. The van der Waals surface area contributed by atoms with Crippen molar-refractivity contribution in [1.29, 1.82) is 0 Å². The molecule has 0 spiro atoms. The van der Waals surface area contributed by atoms with Gasteiger partial charge < -0.3 is 5.32 Å². The second kappa shape index (κ2) is 3.76. The molecule has 0 unspecified atom stereocenters. The Bertz CT molecular complexity index is 283. The van der Waals surface area contributed by atoms with Crippen LogP contribution in [0.25, 0.3) is 0 Å². The van der Waals surface area contributed by atoms with Crippen LogP contribution in [-0.2, 0) is 0 Å². The van der Waals surface area contributed by atoms with E-state index >= 15 is 0 Å². The monoisotopic (exact) mass is 149 g/mol. The van der Waals surface area contributed by atoms with Crippen molar-refractivity contribution in [3.63, 3.8) is 0 Å². The third kappa shape index (κ3) is 2.08. The van der Waals surface area contributed by atoms with Gasteiger partial charge in [0.25, 0.3) is 0 Å². The summed E-state index contributed by atoms with van der Waals surface area (Å²) in [5, 5.41) is 2.98. The number of nitrogens with one attached hydrogen (secondary N) is 1. The fourth-order valence-corrected chi connectivity index (χ4v) is 0.867. The molecule has 1 rings (SSSR count). The van der Waals surface area contributed by atoms with Gasteiger partial charge in [-0.1, -0.05) is 18.2 Å². The minimum absolute atomic E-state index is 0.0388. The van der Waals surface area contributed by atoms with Gasteiger partial charge in [-0.3, -0.25) is 4.79 Å². The van der Waals surface area contributed by atoms with Crippen molar-refractivity contribution in [3.8, 4) is 0 Å². The molecule has 0 fully saturated rings. The third-order valence-corrected chi connectivity index (χ3v) is 1.37. The number of anilines is 1. The maximum absolute atomic E-state index is 11.1. The Hall–Kier alpha value is -1.31. The van der Waals surface area contributed by atoms with E-state index in [9.17, 15) is 4.79 Å². The minimum Gasteiger partial charge on any atom is -0.382 e. The zero-order valence-corrected chi connectivity index (χ0v) is 6.50. The second-order valence-electron chi connectivity index (χ2n) is 2.22. The fraction of sp³-hybridized carbons (Fsp3) is 0.222. The van der Waals surface area contributed by atoms with Gasteiger partial charge in [-0.05, 0) is 19.1 Å². The van der Waals surface area contributed by atoms with Crippen LogP contribution in [-0.4, -0.2) is 6.54 Å². The van der Waals surface area contributed by atoms with Crippen LogP contribution in [0, 0.1) is 0 Å². The molecule has 0 aromatic heterocycles. The van der Waals surface area contributed by atoms with Crippen molar-refractivity contribution >= 4 is 5.69 Å². The van der Waals surface area contributed by atoms with Gasteiger partial charge in [0.2, 0.25) is 5.43 Å². The Labute approximate surface area is 65.9 Å². The molecule has 1 N–H and O–H groups in total. The second-order valence-corrected chi connectivity index (χ2v) is 2.22. The molecule has 0 aliphatic rings. The van der Waals surface area contributed by atoms with Gasteiger partial charge in [0.1, 0.15) is 0 Å². The highest BCUT2D eigenvalue weighted by atomic mass is 16.1. The van der Waals surface area contributed by atoms with E-state index in [0.717, 1.165) is 6.54 Å². The van der Waals surface area contributed by atoms with Crippen molar-refractivity contribution in [3.05, 3.63) is 40.6 Å². The molecule has 2 nitrogen and oxygen atoms in total. The summed E-state index contributed by atoms with van der Waals surface area (Å²) < 4.78 is 0. The van der Waals surface area contributed by atoms with Crippen LogP contribution in [0.2, 0.25) is 0 Å². The van der Waals surface area contributed by atoms with Gasteiger partial charge >= 0.3 is 0 Å². The van der Waals surface area contributed by atoms with Crippen LogP contribution in [0.4, 0.5) is 5.69 Å². The quantitative estimate of drug-likeness (QED) is 0.690. The lowest BCUT2D eigenvalue weighted by Crippen LogP contribution is -2.06. The van der Waals surface area contributed by atoms with Gasteiger partial charge in [-0.2, -0.15) is 0 Å². The van der Waals surface area contributed by atoms with E-state index in [1.807, 2.05) is 19.1 Å². The maximum Gasteiger partial charge on any atom is 0.201 e. The average molecular weight is 149 g/mol. The molecule has 1 aromatic carbocycles. The first-order chi connectivity index (χ1) is 5.34. The van der Waals surface area contributed by atoms with E-state index in [1.54, 1.807) is 18.2 Å². The van der Waals surface area contributed by atoms with E-state index in [1.165, 1.54) is 0 Å². The zero-order chi connectivity index (χ0) is 8.10. The topological polar surface area (TPSA) is 29.1 Å². The van der Waals surface area contributed by atoms with Gasteiger partial charge in [0.15, 0.2) is 0 Å². The normalized spacial score (nSPS) is 9.18. The summed E-state index contributed by atoms with van der Waals surface area (Å²) in [5.41, 5.74) is 0.703. The first kappa shape index (κ1) is 7.79. The van der Waals surface area contributed by atoms with Crippen LogP contribution in [0.3, 0.4) is 0 Å². The highest BCUT2D eigenvalue weighted by molar-refractivity contribution is 5.41. The van der Waals surface area contributed by atoms with Crippen molar-refractivity contribution in [2.24, 2.45) is 0 Å². The summed E-state index contributed by atoms with van der Waals surface area (Å²) in [6.07, 6.45) is 0. The summed E-state index contributed by atoms with van der Waals surface area (Å²) in [6.45, 7) is 2.74. The molecule has 0 radical (unpaired) electrons. The number of hydrogen-bond acceptors (Lipinski definition) is 2. The fourth-order valence-electron chi connectivity index (χ4n) is 0.867. The summed E-state index contributed by atoms with van der Waals surface area (Å²) in [6, 6.07) is 8.76. The Balaban J connectivity index is 3.07. The molecule has 0 saturated heterocycles. The standard InChI is InChI=1S/C9H11NO/c1-2-10-8-6-4-3-5-7-9(8)11/h3-7H,2H2,1H3,(H,10,11). The molecule has 0 heterocycles. The van der Waals surface area contributed by atoms with Crippen LogP contribution in [0.5, 0.6) is 0 Å². The molecule has 11 heavy (non-hydrogen) atoms. The summed E-state index contributed by atoms with van der Waals surface area (Å²) >= 11 is 0. The van der Waals surface area contributed by atoms with E-state index in [2.05, 4.69) is 5.32 Å².